The second-order valence-electron chi connectivity index (χ2n) is 4.86. The quantitative estimate of drug-likeness (QED) is 0.535. The summed E-state index contributed by atoms with van der Waals surface area (Å²) in [7, 11) is 5.81. The molecule has 2 unspecified atom stereocenters. The monoisotopic (exact) mass is 292 g/mol. The molecule has 1 aliphatic rings. The van der Waals surface area contributed by atoms with Gasteiger partial charge in [-0.2, -0.15) is 0 Å². The lowest BCUT2D eigenvalue weighted by Crippen LogP contribution is -2.70. The maximum atomic E-state index is 10.8. The zero-order chi connectivity index (χ0) is 15.2. The SMILES string of the molecule is CNC1C(NC)N(c2ccccc2NC=O)CCN1NC. The predicted octanol–water partition coefficient (Wildman–Crippen LogP) is -0.398. The first-order chi connectivity index (χ1) is 10.3. The number of rotatable bonds is 6. The smallest absolute Gasteiger partial charge is 0.211 e. The molecule has 0 radical (unpaired) electrons. The van der Waals surface area contributed by atoms with E-state index in [2.05, 4.69) is 31.3 Å². The van der Waals surface area contributed by atoms with Gasteiger partial charge in [0.05, 0.1) is 11.4 Å². The molecule has 1 aromatic rings. The average Bonchev–Trinajstić information content (AvgIpc) is 2.54. The van der Waals surface area contributed by atoms with Crippen LogP contribution in [0.15, 0.2) is 24.3 Å². The minimum atomic E-state index is 0.0748. The molecular formula is C14H24N6O. The predicted molar refractivity (Wildman–Crippen MR) is 84.9 cm³/mol. The number of likely N-dealkylation sites (N-methyl/N-ethyl adjacent to an activating group) is 2. The Kier molecular flexibility index (Phi) is 5.51. The van der Waals surface area contributed by atoms with Gasteiger partial charge in [-0.3, -0.25) is 15.5 Å². The van der Waals surface area contributed by atoms with Gasteiger partial charge in [-0.1, -0.05) is 12.1 Å². The van der Waals surface area contributed by atoms with Crippen molar-refractivity contribution in [3.05, 3.63) is 24.3 Å². The van der Waals surface area contributed by atoms with Gasteiger partial charge in [-0.05, 0) is 33.3 Å². The minimum absolute atomic E-state index is 0.0748. The minimum Gasteiger partial charge on any atom is -0.350 e. The van der Waals surface area contributed by atoms with E-state index in [1.165, 1.54) is 0 Å². The summed E-state index contributed by atoms with van der Waals surface area (Å²) < 4.78 is 0. The second-order valence-corrected chi connectivity index (χ2v) is 4.86. The third kappa shape index (κ3) is 3.16. The first kappa shape index (κ1) is 15.7. The van der Waals surface area contributed by atoms with E-state index < -0.39 is 0 Å². The number of nitrogens with zero attached hydrogens (tertiary/aromatic N) is 2. The molecule has 4 N–H and O–H groups in total. The number of para-hydroxylation sites is 2. The topological polar surface area (TPSA) is 71.7 Å². The maximum Gasteiger partial charge on any atom is 0.211 e. The normalized spacial score (nSPS) is 23.1. The molecule has 0 saturated carbocycles. The summed E-state index contributed by atoms with van der Waals surface area (Å²) in [6.07, 6.45) is 0.899. The number of amides is 1. The van der Waals surface area contributed by atoms with Crippen molar-refractivity contribution in [3.8, 4) is 0 Å². The van der Waals surface area contributed by atoms with Crippen molar-refractivity contribution in [2.24, 2.45) is 0 Å². The highest BCUT2D eigenvalue weighted by atomic mass is 16.1. The van der Waals surface area contributed by atoms with Crippen LogP contribution in [0.2, 0.25) is 0 Å². The van der Waals surface area contributed by atoms with E-state index in [4.69, 9.17) is 0 Å². The number of carbonyl (C=O) groups is 1. The molecule has 1 amide bonds. The van der Waals surface area contributed by atoms with Crippen LogP contribution in [0.3, 0.4) is 0 Å². The van der Waals surface area contributed by atoms with Crippen molar-refractivity contribution < 1.29 is 4.79 Å². The number of nitrogens with one attached hydrogen (secondary N) is 4. The van der Waals surface area contributed by atoms with Gasteiger partial charge in [0.1, 0.15) is 12.3 Å². The number of hydrazine groups is 1. The molecule has 2 atom stereocenters. The van der Waals surface area contributed by atoms with E-state index in [0.29, 0.717) is 6.41 Å². The first-order valence-electron chi connectivity index (χ1n) is 7.11. The van der Waals surface area contributed by atoms with Crippen molar-refractivity contribution in [3.63, 3.8) is 0 Å². The van der Waals surface area contributed by atoms with Crippen LogP contribution in [0.1, 0.15) is 0 Å². The third-order valence-electron chi connectivity index (χ3n) is 3.86. The van der Waals surface area contributed by atoms with Crippen LogP contribution in [0.25, 0.3) is 0 Å². The molecule has 1 aliphatic heterocycles. The standard InChI is InChI=1S/C14H24N6O/c1-15-13-14(16-2)20(17-3)9-8-19(13)12-7-5-4-6-11(12)18-10-21/h4-7,10,13-17H,8-9H2,1-3H3,(H,18,21). The molecule has 0 spiro atoms. The van der Waals surface area contributed by atoms with Crippen molar-refractivity contribution in [2.45, 2.75) is 12.3 Å². The highest BCUT2D eigenvalue weighted by Crippen LogP contribution is 2.28. The van der Waals surface area contributed by atoms with Crippen molar-refractivity contribution >= 4 is 17.8 Å². The highest BCUT2D eigenvalue weighted by molar-refractivity contribution is 5.81. The van der Waals surface area contributed by atoms with Gasteiger partial charge in [-0.25, -0.2) is 5.01 Å². The number of anilines is 2. The summed E-state index contributed by atoms with van der Waals surface area (Å²) in [5.41, 5.74) is 5.05. The van der Waals surface area contributed by atoms with Crippen LogP contribution < -0.4 is 26.3 Å². The zero-order valence-corrected chi connectivity index (χ0v) is 12.8. The van der Waals surface area contributed by atoms with Gasteiger partial charge in [0.25, 0.3) is 0 Å². The van der Waals surface area contributed by atoms with Gasteiger partial charge < -0.3 is 15.5 Å². The van der Waals surface area contributed by atoms with E-state index in [-0.39, 0.29) is 12.3 Å². The molecule has 0 bridgehead atoms. The van der Waals surface area contributed by atoms with Crippen molar-refractivity contribution in [1.82, 2.24) is 21.1 Å². The van der Waals surface area contributed by atoms with E-state index >= 15 is 0 Å². The van der Waals surface area contributed by atoms with Gasteiger partial charge in [0.2, 0.25) is 6.41 Å². The average molecular weight is 292 g/mol. The summed E-state index contributed by atoms with van der Waals surface area (Å²) in [4.78, 5) is 13.1. The Morgan fingerprint density at radius 1 is 1.10 bits per heavy atom. The molecule has 1 fully saturated rings. The van der Waals surface area contributed by atoms with Crippen LogP contribution in [0.5, 0.6) is 0 Å². The lowest BCUT2D eigenvalue weighted by Gasteiger charge is -2.48. The lowest BCUT2D eigenvalue weighted by atomic mass is 10.1. The van der Waals surface area contributed by atoms with Gasteiger partial charge >= 0.3 is 0 Å². The Morgan fingerprint density at radius 3 is 2.43 bits per heavy atom. The highest BCUT2D eigenvalue weighted by Gasteiger charge is 2.35. The zero-order valence-electron chi connectivity index (χ0n) is 12.8. The number of carbonyl (C=O) groups excluding carboxylic acids is 1. The summed E-state index contributed by atoms with van der Waals surface area (Å²) in [5, 5.41) is 11.6. The Morgan fingerprint density at radius 2 is 1.81 bits per heavy atom. The van der Waals surface area contributed by atoms with Gasteiger partial charge in [0.15, 0.2) is 0 Å². The fourth-order valence-corrected chi connectivity index (χ4v) is 2.89. The number of hydrogen-bond donors (Lipinski definition) is 4. The van der Waals surface area contributed by atoms with E-state index in [1.54, 1.807) is 0 Å². The molecular weight excluding hydrogens is 268 g/mol. The first-order valence-corrected chi connectivity index (χ1v) is 7.11. The van der Waals surface area contributed by atoms with Crippen molar-refractivity contribution in [2.75, 3.05) is 44.4 Å². The second kappa shape index (κ2) is 7.37. The van der Waals surface area contributed by atoms with Gasteiger partial charge in [-0.15, -0.1) is 0 Å². The fourth-order valence-electron chi connectivity index (χ4n) is 2.89. The van der Waals surface area contributed by atoms with Gasteiger partial charge in [0, 0.05) is 13.1 Å². The summed E-state index contributed by atoms with van der Waals surface area (Å²) >= 11 is 0. The molecule has 1 saturated heterocycles. The van der Waals surface area contributed by atoms with E-state index in [1.807, 2.05) is 45.4 Å². The van der Waals surface area contributed by atoms with Crippen LogP contribution in [-0.2, 0) is 4.79 Å². The largest absolute Gasteiger partial charge is 0.350 e. The Bertz CT molecular complexity index is 469. The molecule has 116 valence electrons. The Hall–Kier alpha value is -1.67. The van der Waals surface area contributed by atoms with Crippen molar-refractivity contribution in [1.29, 1.82) is 0 Å². The lowest BCUT2D eigenvalue weighted by molar-refractivity contribution is -0.105. The summed E-state index contributed by atoms with van der Waals surface area (Å²) in [6, 6.07) is 7.84. The van der Waals surface area contributed by atoms with Crippen LogP contribution in [-0.4, -0.2) is 58.0 Å². The molecule has 1 heterocycles. The number of hydrogen-bond acceptors (Lipinski definition) is 6. The molecule has 2 rings (SSSR count). The van der Waals surface area contributed by atoms with Crippen LogP contribution in [0, 0.1) is 0 Å². The van der Waals surface area contributed by atoms with E-state index in [0.717, 1.165) is 24.5 Å². The molecule has 21 heavy (non-hydrogen) atoms. The molecule has 7 nitrogen and oxygen atoms in total. The Labute approximate surface area is 125 Å². The molecule has 1 aromatic carbocycles. The maximum absolute atomic E-state index is 10.8. The van der Waals surface area contributed by atoms with Crippen LogP contribution in [0.4, 0.5) is 11.4 Å². The molecule has 7 heteroatoms. The number of piperazine rings is 1. The summed E-state index contributed by atoms with van der Waals surface area (Å²) in [5.74, 6) is 0. The summed E-state index contributed by atoms with van der Waals surface area (Å²) in [6.45, 7) is 1.72. The fraction of sp³-hybridized carbons (Fsp3) is 0.500. The van der Waals surface area contributed by atoms with E-state index in [9.17, 15) is 4.79 Å². The molecule has 0 aromatic heterocycles. The van der Waals surface area contributed by atoms with Crippen LogP contribution >= 0.6 is 0 Å². The Balaban J connectivity index is 2.32. The number of benzene rings is 1. The molecule has 0 aliphatic carbocycles. The third-order valence-corrected chi connectivity index (χ3v) is 3.86.